The third-order valence-corrected chi connectivity index (χ3v) is 1.04. The Labute approximate surface area is 67.1 Å². The van der Waals surface area contributed by atoms with Gasteiger partial charge in [0.25, 0.3) is 5.91 Å². The Morgan fingerprint density at radius 2 is 2.00 bits per heavy atom. The fraction of sp³-hybridized carbons (Fsp3) is 0.857. The Bertz CT molecular complexity index is 140. The van der Waals surface area contributed by atoms with Crippen molar-refractivity contribution in [3.8, 4) is 0 Å². The van der Waals surface area contributed by atoms with E-state index in [9.17, 15) is 4.79 Å². The van der Waals surface area contributed by atoms with Gasteiger partial charge in [-0.2, -0.15) is 0 Å². The number of carbonyl (C=O) groups is 1. The molecule has 11 heavy (non-hydrogen) atoms. The summed E-state index contributed by atoms with van der Waals surface area (Å²) in [6.07, 6.45) is -0.500. The number of nitrogens with two attached hydrogens (primary N) is 1. The van der Waals surface area contributed by atoms with Crippen LogP contribution in [-0.2, 0) is 9.53 Å². The molecule has 1 atom stereocenters. The van der Waals surface area contributed by atoms with E-state index in [4.69, 9.17) is 10.6 Å². The van der Waals surface area contributed by atoms with E-state index in [2.05, 4.69) is 0 Å². The third-order valence-electron chi connectivity index (χ3n) is 1.04. The Morgan fingerprint density at radius 1 is 1.55 bits per heavy atom. The van der Waals surface area contributed by atoms with E-state index in [0.717, 1.165) is 0 Å². The number of carbonyl (C=O) groups excluding carboxylic acids is 1. The lowest BCUT2D eigenvalue weighted by Gasteiger charge is -2.23. The van der Waals surface area contributed by atoms with E-state index >= 15 is 0 Å². The summed E-state index contributed by atoms with van der Waals surface area (Å²) in [4.78, 5) is 10.8. The minimum absolute atomic E-state index is 0.306. The Balaban J connectivity index is 3.87. The predicted octanol–water partition coefficient (Wildman–Crippen LogP) is 0.180. The lowest BCUT2D eigenvalue weighted by atomic mass is 10.2. The highest BCUT2D eigenvalue weighted by molar-refractivity contribution is 5.79. The second-order valence-electron chi connectivity index (χ2n) is 3.38. The molecule has 4 heteroatoms. The highest BCUT2D eigenvalue weighted by atomic mass is 16.5. The van der Waals surface area contributed by atoms with Crippen LogP contribution in [0.5, 0.6) is 0 Å². The summed E-state index contributed by atoms with van der Waals surface area (Å²) < 4.78 is 5.30. The molecule has 0 aliphatic heterocycles. The topological polar surface area (TPSA) is 64.3 Å². The van der Waals surface area contributed by atoms with Crippen LogP contribution in [0.1, 0.15) is 27.7 Å². The average molecular weight is 160 g/mol. The molecule has 0 fully saturated rings. The zero-order valence-electron chi connectivity index (χ0n) is 7.47. The quantitative estimate of drug-likeness (QED) is 0.344. The van der Waals surface area contributed by atoms with E-state index in [-0.39, 0.29) is 11.5 Å². The van der Waals surface area contributed by atoms with Gasteiger partial charge in [-0.25, -0.2) is 5.84 Å². The van der Waals surface area contributed by atoms with Gasteiger partial charge in [0.2, 0.25) is 0 Å². The van der Waals surface area contributed by atoms with Crippen molar-refractivity contribution >= 4 is 5.91 Å². The van der Waals surface area contributed by atoms with Gasteiger partial charge in [-0.1, -0.05) is 0 Å². The first-order valence-electron chi connectivity index (χ1n) is 3.55. The van der Waals surface area contributed by atoms with Crippen molar-refractivity contribution < 1.29 is 9.53 Å². The van der Waals surface area contributed by atoms with Gasteiger partial charge in [0, 0.05) is 0 Å². The zero-order chi connectivity index (χ0) is 9.07. The molecular formula is C7H16N2O2. The van der Waals surface area contributed by atoms with Crippen molar-refractivity contribution in [2.45, 2.75) is 39.4 Å². The minimum Gasteiger partial charge on any atom is -0.363 e. The van der Waals surface area contributed by atoms with Crippen LogP contribution >= 0.6 is 0 Å². The maximum atomic E-state index is 10.8. The summed E-state index contributed by atoms with van der Waals surface area (Å²) in [6, 6.07) is 0. The summed E-state index contributed by atoms with van der Waals surface area (Å²) in [5, 5.41) is 0. The number of hydrazine groups is 1. The first-order valence-corrected chi connectivity index (χ1v) is 3.55. The summed E-state index contributed by atoms with van der Waals surface area (Å²) in [7, 11) is 0. The zero-order valence-corrected chi connectivity index (χ0v) is 7.47. The van der Waals surface area contributed by atoms with Crippen molar-refractivity contribution in [2.24, 2.45) is 5.84 Å². The van der Waals surface area contributed by atoms with Gasteiger partial charge in [0.05, 0.1) is 5.60 Å². The van der Waals surface area contributed by atoms with E-state index in [1.54, 1.807) is 6.92 Å². The highest BCUT2D eigenvalue weighted by Crippen LogP contribution is 2.09. The van der Waals surface area contributed by atoms with E-state index in [1.165, 1.54) is 0 Å². The molecule has 3 N–H and O–H groups in total. The van der Waals surface area contributed by atoms with E-state index < -0.39 is 6.10 Å². The second kappa shape index (κ2) is 3.69. The lowest BCUT2D eigenvalue weighted by molar-refractivity contribution is -0.140. The van der Waals surface area contributed by atoms with Crippen molar-refractivity contribution in [1.29, 1.82) is 0 Å². The maximum Gasteiger partial charge on any atom is 0.262 e. The van der Waals surface area contributed by atoms with Crippen LogP contribution in [0, 0.1) is 0 Å². The molecule has 4 nitrogen and oxygen atoms in total. The molecule has 1 unspecified atom stereocenters. The fourth-order valence-electron chi connectivity index (χ4n) is 0.701. The molecule has 0 saturated carbocycles. The van der Waals surface area contributed by atoms with Gasteiger partial charge in [-0.05, 0) is 27.7 Å². The molecule has 0 aromatic carbocycles. The highest BCUT2D eigenvalue weighted by Gasteiger charge is 2.19. The van der Waals surface area contributed by atoms with Crippen LogP contribution in [0.3, 0.4) is 0 Å². The molecule has 0 bridgehead atoms. The smallest absolute Gasteiger partial charge is 0.262 e. The molecule has 66 valence electrons. The summed E-state index contributed by atoms with van der Waals surface area (Å²) >= 11 is 0. The van der Waals surface area contributed by atoms with Crippen LogP contribution in [-0.4, -0.2) is 17.6 Å². The first kappa shape index (κ1) is 10.4. The normalized spacial score (nSPS) is 14.3. The Morgan fingerprint density at radius 3 is 2.27 bits per heavy atom. The average Bonchev–Trinajstić information content (AvgIpc) is 1.82. The number of hydrogen-bond donors (Lipinski definition) is 2. The number of ether oxygens (including phenoxy) is 1. The Hall–Kier alpha value is -0.610. The van der Waals surface area contributed by atoms with Crippen LogP contribution in [0.4, 0.5) is 0 Å². The molecule has 1 amide bonds. The standard InChI is InChI=1S/C7H16N2O2/c1-5(6(10)9-8)11-7(2,3)4/h5H,8H2,1-4H3,(H,9,10). The molecule has 0 heterocycles. The van der Waals surface area contributed by atoms with Gasteiger partial charge in [0.1, 0.15) is 6.10 Å². The van der Waals surface area contributed by atoms with E-state index in [1.807, 2.05) is 26.2 Å². The molecule has 0 aliphatic rings. The Kier molecular flexibility index (Phi) is 3.48. The maximum absolute atomic E-state index is 10.8. The molecule has 0 aromatic heterocycles. The number of rotatable bonds is 2. The van der Waals surface area contributed by atoms with Gasteiger partial charge < -0.3 is 4.74 Å². The molecule has 0 aliphatic carbocycles. The van der Waals surface area contributed by atoms with Crippen LogP contribution < -0.4 is 11.3 Å². The van der Waals surface area contributed by atoms with Crippen molar-refractivity contribution in [1.82, 2.24) is 5.43 Å². The largest absolute Gasteiger partial charge is 0.363 e. The number of hydrogen-bond acceptors (Lipinski definition) is 3. The van der Waals surface area contributed by atoms with Gasteiger partial charge >= 0.3 is 0 Å². The van der Waals surface area contributed by atoms with Crippen LogP contribution in [0.15, 0.2) is 0 Å². The SMILES string of the molecule is CC(OC(C)(C)C)C(=O)NN. The molecule has 0 saturated heterocycles. The van der Waals surface area contributed by atoms with Crippen LogP contribution in [0.2, 0.25) is 0 Å². The van der Waals surface area contributed by atoms with Crippen molar-refractivity contribution in [2.75, 3.05) is 0 Å². The fourth-order valence-corrected chi connectivity index (χ4v) is 0.701. The molecule has 0 spiro atoms. The predicted molar refractivity (Wildman–Crippen MR) is 42.6 cm³/mol. The van der Waals surface area contributed by atoms with Crippen LogP contribution in [0.25, 0.3) is 0 Å². The van der Waals surface area contributed by atoms with Gasteiger partial charge in [-0.3, -0.25) is 10.2 Å². The van der Waals surface area contributed by atoms with E-state index in [0.29, 0.717) is 0 Å². The summed E-state index contributed by atoms with van der Waals surface area (Å²) in [5.74, 6) is 4.61. The van der Waals surface area contributed by atoms with Gasteiger partial charge in [0.15, 0.2) is 0 Å². The monoisotopic (exact) mass is 160 g/mol. The van der Waals surface area contributed by atoms with Crippen molar-refractivity contribution in [3.05, 3.63) is 0 Å². The second-order valence-corrected chi connectivity index (χ2v) is 3.38. The molecule has 0 radical (unpaired) electrons. The number of nitrogens with one attached hydrogen (secondary N) is 1. The van der Waals surface area contributed by atoms with Crippen molar-refractivity contribution in [3.63, 3.8) is 0 Å². The third kappa shape index (κ3) is 4.75. The first-order chi connectivity index (χ1) is 4.87. The molecular weight excluding hydrogens is 144 g/mol. The minimum atomic E-state index is -0.500. The summed E-state index contributed by atoms with van der Waals surface area (Å²) in [6.45, 7) is 7.31. The molecule has 0 aromatic rings. The molecule has 0 rings (SSSR count). The summed E-state index contributed by atoms with van der Waals surface area (Å²) in [5.41, 5.74) is 1.71. The lowest BCUT2D eigenvalue weighted by Crippen LogP contribution is -2.42. The number of amides is 1. The van der Waals surface area contributed by atoms with Gasteiger partial charge in [-0.15, -0.1) is 0 Å².